The summed E-state index contributed by atoms with van der Waals surface area (Å²) in [5.74, 6) is 0.620. The Bertz CT molecular complexity index is 425. The van der Waals surface area contributed by atoms with Crippen molar-refractivity contribution in [1.29, 1.82) is 0 Å². The highest BCUT2D eigenvalue weighted by Gasteiger charge is 2.38. The summed E-state index contributed by atoms with van der Waals surface area (Å²) in [6, 6.07) is 4.53. The molecule has 0 aromatic carbocycles. The van der Waals surface area contributed by atoms with Crippen LogP contribution in [0.1, 0.15) is 75.4 Å². The minimum Gasteiger partial charge on any atom is -0.143 e. The van der Waals surface area contributed by atoms with Gasteiger partial charge in [-0.2, -0.15) is 0 Å². The third-order valence-corrected chi connectivity index (χ3v) is 6.84. The molecule has 0 aliphatic heterocycles. The molecule has 1 heterocycles. The molecule has 1 fully saturated rings. The zero-order chi connectivity index (χ0) is 14.3. The van der Waals surface area contributed by atoms with Gasteiger partial charge in [0.1, 0.15) is 0 Å². The van der Waals surface area contributed by atoms with Crippen molar-refractivity contribution in [2.24, 2.45) is 11.3 Å². The van der Waals surface area contributed by atoms with E-state index in [1.54, 1.807) is 0 Å². The molecule has 1 aliphatic carbocycles. The van der Waals surface area contributed by atoms with Gasteiger partial charge in [0.2, 0.25) is 0 Å². The Morgan fingerprint density at radius 1 is 1.26 bits per heavy atom. The van der Waals surface area contributed by atoms with Crippen molar-refractivity contribution >= 4 is 22.9 Å². The lowest BCUT2D eigenvalue weighted by atomic mass is 9.67. The highest BCUT2D eigenvalue weighted by molar-refractivity contribution is 7.12. The maximum absolute atomic E-state index is 6.84. The Morgan fingerprint density at radius 2 is 1.95 bits per heavy atom. The molecule has 0 spiro atoms. The van der Waals surface area contributed by atoms with E-state index < -0.39 is 0 Å². The molecule has 108 valence electrons. The average Bonchev–Trinajstić information content (AvgIpc) is 2.76. The van der Waals surface area contributed by atoms with Gasteiger partial charge in [-0.3, -0.25) is 0 Å². The van der Waals surface area contributed by atoms with Crippen molar-refractivity contribution in [2.75, 3.05) is 0 Å². The molecule has 2 atom stereocenters. The first-order valence-corrected chi connectivity index (χ1v) is 8.71. The van der Waals surface area contributed by atoms with Crippen molar-refractivity contribution in [2.45, 2.75) is 71.1 Å². The molecule has 0 saturated heterocycles. The number of hydrogen-bond acceptors (Lipinski definition) is 1. The van der Waals surface area contributed by atoms with Crippen LogP contribution in [0.2, 0.25) is 0 Å². The third kappa shape index (κ3) is 3.36. The molecule has 2 rings (SSSR count). The van der Waals surface area contributed by atoms with Gasteiger partial charge >= 0.3 is 0 Å². The molecular formula is C17H27ClS. The number of thiophene rings is 1. The highest BCUT2D eigenvalue weighted by atomic mass is 35.5. The van der Waals surface area contributed by atoms with Gasteiger partial charge in [0.05, 0.1) is 5.38 Å². The van der Waals surface area contributed by atoms with Crippen LogP contribution in [0.25, 0.3) is 0 Å². The highest BCUT2D eigenvalue weighted by Crippen LogP contribution is 2.50. The van der Waals surface area contributed by atoms with Crippen molar-refractivity contribution in [1.82, 2.24) is 0 Å². The molecule has 0 radical (unpaired) electrons. The van der Waals surface area contributed by atoms with Crippen LogP contribution < -0.4 is 0 Å². The van der Waals surface area contributed by atoms with E-state index in [0.29, 0.717) is 11.3 Å². The lowest BCUT2D eigenvalue weighted by molar-refractivity contribution is 0.134. The molecular weight excluding hydrogens is 272 g/mol. The normalized spacial score (nSPS) is 25.3. The number of hydrogen-bond donors (Lipinski definition) is 0. The molecule has 0 nitrogen and oxygen atoms in total. The second-order valence-electron chi connectivity index (χ2n) is 7.69. The van der Waals surface area contributed by atoms with E-state index in [0.717, 1.165) is 0 Å². The average molecular weight is 299 g/mol. The van der Waals surface area contributed by atoms with E-state index in [2.05, 4.69) is 46.8 Å². The van der Waals surface area contributed by atoms with Gasteiger partial charge in [-0.1, -0.05) is 47.5 Å². The first kappa shape index (κ1) is 15.4. The Morgan fingerprint density at radius 3 is 2.47 bits per heavy atom. The van der Waals surface area contributed by atoms with E-state index >= 15 is 0 Å². The number of halogens is 1. The molecule has 2 unspecified atom stereocenters. The molecule has 0 amide bonds. The van der Waals surface area contributed by atoms with Crippen LogP contribution >= 0.6 is 22.9 Å². The largest absolute Gasteiger partial charge is 0.143 e. The van der Waals surface area contributed by atoms with Crippen molar-refractivity contribution < 1.29 is 0 Å². The lowest BCUT2D eigenvalue weighted by Gasteiger charge is -2.41. The molecule has 1 aromatic heterocycles. The van der Waals surface area contributed by atoms with Crippen LogP contribution in [0.3, 0.4) is 0 Å². The predicted molar refractivity (Wildman–Crippen MR) is 87.4 cm³/mol. The summed E-state index contributed by atoms with van der Waals surface area (Å²) in [4.78, 5) is 2.81. The number of alkyl halides is 1. The first-order chi connectivity index (χ1) is 8.72. The molecule has 0 N–H and O–H groups in total. The second-order valence-corrected chi connectivity index (χ2v) is 9.28. The molecule has 1 saturated carbocycles. The molecule has 1 aromatic rings. The van der Waals surface area contributed by atoms with Crippen LogP contribution in [0, 0.1) is 11.3 Å². The van der Waals surface area contributed by atoms with E-state index in [-0.39, 0.29) is 10.8 Å². The Labute approximate surface area is 127 Å². The lowest BCUT2D eigenvalue weighted by Crippen LogP contribution is -2.30. The zero-order valence-electron chi connectivity index (χ0n) is 12.9. The van der Waals surface area contributed by atoms with Crippen LogP contribution in [-0.4, -0.2) is 0 Å². The van der Waals surface area contributed by atoms with E-state index in [4.69, 9.17) is 11.6 Å². The zero-order valence-corrected chi connectivity index (χ0v) is 14.5. The van der Waals surface area contributed by atoms with Gasteiger partial charge in [-0.05, 0) is 41.7 Å². The maximum atomic E-state index is 6.84. The fraction of sp³-hybridized carbons (Fsp3) is 0.765. The summed E-state index contributed by atoms with van der Waals surface area (Å²) >= 11 is 8.75. The molecule has 1 aliphatic rings. The standard InChI is InChI=1S/C17H27ClS/c1-16(2,3)14-10-9-13(19-14)15(18)12-8-6-7-11-17(12,4)5/h9-10,12,15H,6-8,11H2,1-5H3. The van der Waals surface area contributed by atoms with Gasteiger partial charge in [0.15, 0.2) is 0 Å². The Kier molecular flexibility index (Phi) is 4.38. The summed E-state index contributed by atoms with van der Waals surface area (Å²) in [5.41, 5.74) is 0.623. The summed E-state index contributed by atoms with van der Waals surface area (Å²) < 4.78 is 0. The molecule has 2 heteroatoms. The smallest absolute Gasteiger partial charge is 0.0711 e. The summed E-state index contributed by atoms with van der Waals surface area (Å²) in [6.45, 7) is 11.6. The first-order valence-electron chi connectivity index (χ1n) is 7.46. The van der Waals surface area contributed by atoms with Crippen LogP contribution in [0.15, 0.2) is 12.1 Å². The van der Waals surface area contributed by atoms with E-state index in [1.165, 1.54) is 35.4 Å². The minimum atomic E-state index is 0.191. The second kappa shape index (κ2) is 5.41. The van der Waals surface area contributed by atoms with Gasteiger partial charge in [0, 0.05) is 9.75 Å². The van der Waals surface area contributed by atoms with Crippen molar-refractivity contribution in [3.63, 3.8) is 0 Å². The minimum absolute atomic E-state index is 0.191. The summed E-state index contributed by atoms with van der Waals surface area (Å²) in [7, 11) is 0. The quantitative estimate of drug-likeness (QED) is 0.544. The van der Waals surface area contributed by atoms with E-state index in [1.807, 2.05) is 11.3 Å². The SMILES string of the molecule is CC(C)(C)c1ccc(C(Cl)C2CCCCC2(C)C)s1. The molecule has 19 heavy (non-hydrogen) atoms. The predicted octanol–water partition coefficient (Wildman–Crippen LogP) is 6.54. The topological polar surface area (TPSA) is 0 Å². The number of rotatable bonds is 2. The van der Waals surface area contributed by atoms with Crippen LogP contribution in [-0.2, 0) is 5.41 Å². The fourth-order valence-electron chi connectivity index (χ4n) is 3.17. The summed E-state index contributed by atoms with van der Waals surface area (Å²) in [6.07, 6.45) is 5.31. The Balaban J connectivity index is 2.19. The fourth-order valence-corrected chi connectivity index (χ4v) is 4.95. The van der Waals surface area contributed by atoms with Crippen molar-refractivity contribution in [3.8, 4) is 0 Å². The van der Waals surface area contributed by atoms with Gasteiger partial charge < -0.3 is 0 Å². The Hall–Kier alpha value is -0.0100. The van der Waals surface area contributed by atoms with Crippen molar-refractivity contribution in [3.05, 3.63) is 21.9 Å². The van der Waals surface area contributed by atoms with Gasteiger partial charge in [0.25, 0.3) is 0 Å². The summed E-state index contributed by atoms with van der Waals surface area (Å²) in [5, 5.41) is 0.191. The molecule has 0 bridgehead atoms. The maximum Gasteiger partial charge on any atom is 0.0711 e. The van der Waals surface area contributed by atoms with E-state index in [9.17, 15) is 0 Å². The van der Waals surface area contributed by atoms with Crippen LogP contribution in [0.4, 0.5) is 0 Å². The monoisotopic (exact) mass is 298 g/mol. The third-order valence-electron chi connectivity index (χ3n) is 4.58. The van der Waals surface area contributed by atoms with Gasteiger partial charge in [-0.25, -0.2) is 0 Å². The van der Waals surface area contributed by atoms with Gasteiger partial charge in [-0.15, -0.1) is 22.9 Å². The van der Waals surface area contributed by atoms with Crippen LogP contribution in [0.5, 0.6) is 0 Å².